The number of imidazole rings is 1. The van der Waals surface area contributed by atoms with Crippen molar-refractivity contribution < 1.29 is 0 Å². The molecule has 0 unspecified atom stereocenters. The van der Waals surface area contributed by atoms with Crippen LogP contribution in [0.4, 0.5) is 0 Å². The fourth-order valence-electron chi connectivity index (χ4n) is 3.22. The van der Waals surface area contributed by atoms with Crippen molar-refractivity contribution in [2.75, 3.05) is 33.7 Å². The highest BCUT2D eigenvalue weighted by molar-refractivity contribution is 5.54. The Morgan fingerprint density at radius 2 is 1.95 bits per heavy atom. The van der Waals surface area contributed by atoms with E-state index in [2.05, 4.69) is 46.0 Å². The van der Waals surface area contributed by atoms with Gasteiger partial charge in [0.2, 0.25) is 0 Å². The Morgan fingerprint density at radius 1 is 1.23 bits per heavy atom. The summed E-state index contributed by atoms with van der Waals surface area (Å²) in [5.41, 5.74) is 2.33. The lowest BCUT2D eigenvalue weighted by Gasteiger charge is -2.31. The van der Waals surface area contributed by atoms with Gasteiger partial charge >= 0.3 is 0 Å². The first-order valence-corrected chi connectivity index (χ1v) is 8.17. The van der Waals surface area contributed by atoms with Crippen molar-refractivity contribution in [3.8, 4) is 11.4 Å². The van der Waals surface area contributed by atoms with Gasteiger partial charge in [-0.25, -0.2) is 4.98 Å². The molecule has 0 radical (unpaired) electrons. The van der Waals surface area contributed by atoms with Gasteiger partial charge in [-0.05, 0) is 45.9 Å². The summed E-state index contributed by atoms with van der Waals surface area (Å²) in [6, 6.07) is 10.3. The van der Waals surface area contributed by atoms with Crippen molar-refractivity contribution in [3.63, 3.8) is 0 Å². The number of nitrogens with zero attached hydrogens (tertiary/aromatic N) is 3. The summed E-state index contributed by atoms with van der Waals surface area (Å²) < 4.78 is 0. The van der Waals surface area contributed by atoms with Gasteiger partial charge in [-0.1, -0.05) is 30.3 Å². The average Bonchev–Trinajstić information content (AvgIpc) is 2.99. The smallest absolute Gasteiger partial charge is 0.137 e. The molecule has 1 N–H and O–H groups in total. The second-order valence-corrected chi connectivity index (χ2v) is 6.57. The van der Waals surface area contributed by atoms with E-state index in [9.17, 15) is 0 Å². The molecule has 1 aliphatic heterocycles. The molecule has 1 saturated heterocycles. The van der Waals surface area contributed by atoms with Crippen LogP contribution in [0.3, 0.4) is 0 Å². The van der Waals surface area contributed by atoms with Crippen LogP contribution >= 0.6 is 0 Å². The topological polar surface area (TPSA) is 35.2 Å². The summed E-state index contributed by atoms with van der Waals surface area (Å²) in [5, 5.41) is 0. The van der Waals surface area contributed by atoms with Gasteiger partial charge < -0.3 is 14.8 Å². The van der Waals surface area contributed by atoms with Crippen molar-refractivity contribution in [3.05, 3.63) is 42.2 Å². The van der Waals surface area contributed by atoms with E-state index in [1.165, 1.54) is 38.2 Å². The second-order valence-electron chi connectivity index (χ2n) is 6.57. The van der Waals surface area contributed by atoms with Gasteiger partial charge in [0.1, 0.15) is 5.82 Å². The Labute approximate surface area is 133 Å². The molecule has 0 atom stereocenters. The van der Waals surface area contributed by atoms with Crippen LogP contribution < -0.4 is 0 Å². The highest BCUT2D eigenvalue weighted by Gasteiger charge is 2.18. The number of nitrogens with one attached hydrogen (secondary N) is 1. The molecule has 3 rings (SSSR count). The van der Waals surface area contributed by atoms with Gasteiger partial charge in [-0.15, -0.1) is 0 Å². The Hall–Kier alpha value is -1.65. The Kier molecular flexibility index (Phi) is 4.90. The van der Waals surface area contributed by atoms with Gasteiger partial charge in [0.15, 0.2) is 0 Å². The third-order valence-electron chi connectivity index (χ3n) is 4.52. The molecule has 0 spiro atoms. The molecule has 1 aliphatic rings. The predicted molar refractivity (Wildman–Crippen MR) is 90.6 cm³/mol. The molecule has 118 valence electrons. The normalized spacial score (nSPS) is 17.2. The third-order valence-corrected chi connectivity index (χ3v) is 4.52. The lowest BCUT2D eigenvalue weighted by atomic mass is 9.97. The molecule has 4 nitrogen and oxygen atoms in total. The zero-order valence-electron chi connectivity index (χ0n) is 13.6. The lowest BCUT2D eigenvalue weighted by Crippen LogP contribution is -2.35. The molecule has 2 heterocycles. The Morgan fingerprint density at radius 3 is 2.68 bits per heavy atom. The van der Waals surface area contributed by atoms with Gasteiger partial charge in [0.25, 0.3) is 0 Å². The molecule has 22 heavy (non-hydrogen) atoms. The highest BCUT2D eigenvalue weighted by Crippen LogP contribution is 2.19. The van der Waals surface area contributed by atoms with E-state index in [4.69, 9.17) is 0 Å². The van der Waals surface area contributed by atoms with Gasteiger partial charge in [0.05, 0.1) is 0 Å². The molecular weight excluding hydrogens is 272 g/mol. The van der Waals surface area contributed by atoms with Crippen molar-refractivity contribution >= 4 is 0 Å². The maximum atomic E-state index is 4.51. The monoisotopic (exact) mass is 298 g/mol. The van der Waals surface area contributed by atoms with Gasteiger partial charge in [0, 0.05) is 30.5 Å². The van der Waals surface area contributed by atoms with E-state index in [0.717, 1.165) is 23.9 Å². The third kappa shape index (κ3) is 3.96. The van der Waals surface area contributed by atoms with Crippen LogP contribution in [0.25, 0.3) is 11.4 Å². The molecule has 1 fully saturated rings. The fraction of sp³-hybridized carbons (Fsp3) is 0.500. The average molecular weight is 298 g/mol. The Balaban J connectivity index is 1.54. The SMILES string of the molecule is CN1CCC(CN(C)Cc2cnc(-c3ccccc3)[nH]2)CC1. The summed E-state index contributed by atoms with van der Waals surface area (Å²) in [6.07, 6.45) is 4.60. The number of hydrogen-bond acceptors (Lipinski definition) is 3. The fourth-order valence-corrected chi connectivity index (χ4v) is 3.22. The van der Waals surface area contributed by atoms with Crippen molar-refractivity contribution in [1.29, 1.82) is 0 Å². The number of aromatic amines is 1. The number of likely N-dealkylation sites (tertiary alicyclic amines) is 1. The van der Waals surface area contributed by atoms with Crippen LogP contribution in [-0.4, -0.2) is 53.5 Å². The Bertz CT molecular complexity index is 570. The largest absolute Gasteiger partial charge is 0.341 e. The van der Waals surface area contributed by atoms with Gasteiger partial charge in [-0.2, -0.15) is 0 Å². The van der Waals surface area contributed by atoms with Crippen molar-refractivity contribution in [1.82, 2.24) is 19.8 Å². The standard InChI is InChI=1S/C18H26N4/c1-21-10-8-15(9-11-21)13-22(2)14-17-12-19-18(20-17)16-6-4-3-5-7-16/h3-7,12,15H,8-11,13-14H2,1-2H3,(H,19,20). The zero-order chi connectivity index (χ0) is 15.4. The number of H-pyrrole nitrogens is 1. The van der Waals surface area contributed by atoms with Gasteiger partial charge in [-0.3, -0.25) is 0 Å². The lowest BCUT2D eigenvalue weighted by molar-refractivity contribution is 0.173. The first-order valence-electron chi connectivity index (χ1n) is 8.17. The summed E-state index contributed by atoms with van der Waals surface area (Å²) in [7, 11) is 4.43. The summed E-state index contributed by atoms with van der Waals surface area (Å²) in [5.74, 6) is 1.79. The summed E-state index contributed by atoms with van der Waals surface area (Å²) >= 11 is 0. The van der Waals surface area contributed by atoms with Crippen LogP contribution in [-0.2, 0) is 6.54 Å². The van der Waals surface area contributed by atoms with Crippen LogP contribution in [0.5, 0.6) is 0 Å². The van der Waals surface area contributed by atoms with E-state index >= 15 is 0 Å². The molecule has 0 saturated carbocycles. The molecule has 1 aromatic heterocycles. The number of rotatable bonds is 5. The summed E-state index contributed by atoms with van der Waals surface area (Å²) in [4.78, 5) is 12.8. The molecule has 4 heteroatoms. The molecule has 0 aliphatic carbocycles. The first kappa shape index (κ1) is 15.3. The first-order chi connectivity index (χ1) is 10.7. The molecule has 0 bridgehead atoms. The predicted octanol–water partition coefficient (Wildman–Crippen LogP) is 2.85. The minimum Gasteiger partial charge on any atom is -0.341 e. The van der Waals surface area contributed by atoms with Crippen LogP contribution in [0.2, 0.25) is 0 Å². The zero-order valence-corrected chi connectivity index (χ0v) is 13.6. The molecule has 0 amide bonds. The number of hydrogen-bond donors (Lipinski definition) is 1. The van der Waals surface area contributed by atoms with E-state index in [1.54, 1.807) is 0 Å². The molecular formula is C18H26N4. The number of piperidine rings is 1. The maximum Gasteiger partial charge on any atom is 0.137 e. The van der Waals surface area contributed by atoms with E-state index in [0.29, 0.717) is 0 Å². The van der Waals surface area contributed by atoms with Crippen molar-refractivity contribution in [2.24, 2.45) is 5.92 Å². The van der Waals surface area contributed by atoms with Crippen LogP contribution in [0, 0.1) is 5.92 Å². The quantitative estimate of drug-likeness (QED) is 0.922. The van der Waals surface area contributed by atoms with Crippen LogP contribution in [0.1, 0.15) is 18.5 Å². The molecule has 2 aromatic rings. The maximum absolute atomic E-state index is 4.51. The van der Waals surface area contributed by atoms with Crippen LogP contribution in [0.15, 0.2) is 36.5 Å². The van der Waals surface area contributed by atoms with Crippen molar-refractivity contribution in [2.45, 2.75) is 19.4 Å². The highest BCUT2D eigenvalue weighted by atomic mass is 15.1. The van der Waals surface area contributed by atoms with E-state index < -0.39 is 0 Å². The summed E-state index contributed by atoms with van der Waals surface area (Å²) in [6.45, 7) is 4.58. The number of benzene rings is 1. The van der Waals surface area contributed by atoms with E-state index in [-0.39, 0.29) is 0 Å². The van der Waals surface area contributed by atoms with E-state index in [1.807, 2.05) is 24.4 Å². The second kappa shape index (κ2) is 7.07. The minimum absolute atomic E-state index is 0.831. The minimum atomic E-state index is 0.831. The number of aromatic nitrogens is 2. The molecule has 1 aromatic carbocycles.